The topological polar surface area (TPSA) is 18.5 Å². The normalized spacial score (nSPS) is 20.2. The molecule has 2 aliphatic rings. The molecule has 2 nitrogen and oxygen atoms in total. The first-order valence-corrected chi connectivity index (χ1v) is 11.2. The highest BCUT2D eigenvalue weighted by Gasteiger charge is 2.19. The Morgan fingerprint density at radius 1 is 0.630 bits per heavy atom. The van der Waals surface area contributed by atoms with Gasteiger partial charge in [0.1, 0.15) is 11.5 Å². The summed E-state index contributed by atoms with van der Waals surface area (Å²) in [5, 5.41) is 2.46. The van der Waals surface area contributed by atoms with Gasteiger partial charge in [-0.3, -0.25) is 0 Å². The maximum atomic E-state index is 6.54. The van der Waals surface area contributed by atoms with Gasteiger partial charge in [0.2, 0.25) is 0 Å². The number of fused-ring (bicyclic) bond motifs is 1. The third-order valence-electron chi connectivity index (χ3n) is 6.36. The minimum Gasteiger partial charge on any atom is -0.490 e. The Bertz CT molecular complexity index is 735. The van der Waals surface area contributed by atoms with Crippen LogP contribution < -0.4 is 9.47 Å². The highest BCUT2D eigenvalue weighted by Crippen LogP contribution is 2.37. The van der Waals surface area contributed by atoms with Crippen LogP contribution in [-0.4, -0.2) is 12.2 Å². The van der Waals surface area contributed by atoms with Crippen LogP contribution in [0, 0.1) is 6.92 Å². The van der Waals surface area contributed by atoms with E-state index in [0.717, 1.165) is 11.5 Å². The van der Waals surface area contributed by atoms with Gasteiger partial charge in [-0.1, -0.05) is 43.9 Å². The van der Waals surface area contributed by atoms with Crippen molar-refractivity contribution in [2.45, 2.75) is 96.2 Å². The first-order valence-electron chi connectivity index (χ1n) is 11.2. The Kier molecular flexibility index (Phi) is 6.21. The number of ether oxygens (including phenoxy) is 2. The van der Waals surface area contributed by atoms with Gasteiger partial charge in [0, 0.05) is 10.8 Å². The van der Waals surface area contributed by atoms with E-state index in [2.05, 4.69) is 37.3 Å². The Hall–Kier alpha value is -1.70. The maximum absolute atomic E-state index is 6.54. The molecule has 0 heterocycles. The molecule has 0 aromatic heterocycles. The minimum atomic E-state index is 0.365. The number of aryl methyl sites for hydroxylation is 1. The summed E-state index contributed by atoms with van der Waals surface area (Å²) in [5.74, 6) is 2.08. The zero-order valence-electron chi connectivity index (χ0n) is 16.8. The molecule has 2 heteroatoms. The molecular formula is C25H34O2. The van der Waals surface area contributed by atoms with Crippen molar-refractivity contribution in [3.05, 3.63) is 35.9 Å². The molecule has 0 amide bonds. The highest BCUT2D eigenvalue weighted by molar-refractivity contribution is 5.95. The number of hydrogen-bond acceptors (Lipinski definition) is 2. The van der Waals surface area contributed by atoms with Crippen molar-refractivity contribution in [2.75, 3.05) is 0 Å². The van der Waals surface area contributed by atoms with Crippen molar-refractivity contribution < 1.29 is 9.47 Å². The molecule has 2 fully saturated rings. The van der Waals surface area contributed by atoms with E-state index in [1.807, 2.05) is 0 Å². The summed E-state index contributed by atoms with van der Waals surface area (Å²) >= 11 is 0. The van der Waals surface area contributed by atoms with Gasteiger partial charge in [0.05, 0.1) is 12.2 Å². The summed E-state index contributed by atoms with van der Waals surface area (Å²) in [6.07, 6.45) is 16.1. The Morgan fingerprint density at radius 3 is 1.78 bits per heavy atom. The number of benzene rings is 2. The molecule has 0 N–H and O–H groups in total. The Morgan fingerprint density at radius 2 is 1.19 bits per heavy atom. The van der Waals surface area contributed by atoms with Crippen LogP contribution in [-0.2, 0) is 0 Å². The van der Waals surface area contributed by atoms with E-state index < -0.39 is 0 Å². The van der Waals surface area contributed by atoms with Crippen molar-refractivity contribution >= 4 is 10.8 Å². The summed E-state index contributed by atoms with van der Waals surface area (Å²) in [6.45, 7) is 2.19. The van der Waals surface area contributed by atoms with Crippen LogP contribution in [0.25, 0.3) is 10.8 Å². The fourth-order valence-corrected chi connectivity index (χ4v) is 4.80. The van der Waals surface area contributed by atoms with E-state index >= 15 is 0 Å². The van der Waals surface area contributed by atoms with E-state index in [4.69, 9.17) is 9.47 Å². The molecule has 2 aromatic carbocycles. The molecule has 2 saturated carbocycles. The first-order chi connectivity index (χ1) is 13.3. The van der Waals surface area contributed by atoms with E-state index in [9.17, 15) is 0 Å². The lowest BCUT2D eigenvalue weighted by atomic mass is 10.0. The van der Waals surface area contributed by atoms with Crippen LogP contribution in [0.5, 0.6) is 11.5 Å². The summed E-state index contributed by atoms with van der Waals surface area (Å²) in [7, 11) is 0. The lowest BCUT2D eigenvalue weighted by molar-refractivity contribution is 0.184. The molecule has 146 valence electrons. The van der Waals surface area contributed by atoms with E-state index in [-0.39, 0.29) is 0 Å². The van der Waals surface area contributed by atoms with Crippen molar-refractivity contribution in [1.82, 2.24) is 0 Å². The fourth-order valence-electron chi connectivity index (χ4n) is 4.80. The third kappa shape index (κ3) is 4.59. The summed E-state index contributed by atoms with van der Waals surface area (Å²) in [6, 6.07) is 10.9. The van der Waals surface area contributed by atoms with E-state index in [1.165, 1.54) is 93.4 Å². The van der Waals surface area contributed by atoms with Gasteiger partial charge in [0.15, 0.2) is 0 Å². The molecule has 0 atom stereocenters. The van der Waals surface area contributed by atoms with Gasteiger partial charge in [0.25, 0.3) is 0 Å². The number of hydrogen-bond donors (Lipinski definition) is 0. The standard InChI is InChI=1S/C25H34O2/c1-19-17-18-23(26-20-11-6-2-3-7-12-20)22-15-10-16-24(25(19)22)27-21-13-8-4-5-9-14-21/h10,15-18,20-21H,2-9,11-14H2,1H3. The smallest absolute Gasteiger partial charge is 0.127 e. The van der Waals surface area contributed by atoms with E-state index in [1.54, 1.807) is 0 Å². The van der Waals surface area contributed by atoms with Gasteiger partial charge in [-0.15, -0.1) is 0 Å². The molecule has 0 unspecified atom stereocenters. The average Bonchev–Trinajstić information content (AvgIpc) is 3.09. The Balaban J connectivity index is 1.61. The quantitative estimate of drug-likeness (QED) is 0.527. The molecule has 2 aromatic rings. The average molecular weight is 367 g/mol. The molecule has 4 rings (SSSR count). The zero-order chi connectivity index (χ0) is 18.5. The highest BCUT2D eigenvalue weighted by atomic mass is 16.5. The lowest BCUT2D eigenvalue weighted by Gasteiger charge is -2.22. The van der Waals surface area contributed by atoms with Crippen molar-refractivity contribution in [3.63, 3.8) is 0 Å². The molecule has 0 saturated heterocycles. The monoisotopic (exact) mass is 366 g/mol. The second kappa shape index (κ2) is 8.99. The molecule has 0 bridgehead atoms. The molecule has 0 radical (unpaired) electrons. The van der Waals surface area contributed by atoms with Crippen LogP contribution in [0.4, 0.5) is 0 Å². The van der Waals surface area contributed by atoms with Crippen LogP contribution in [0.2, 0.25) is 0 Å². The van der Waals surface area contributed by atoms with Gasteiger partial charge < -0.3 is 9.47 Å². The fraction of sp³-hybridized carbons (Fsp3) is 0.600. The second-order valence-electron chi connectivity index (χ2n) is 8.52. The number of rotatable bonds is 4. The SMILES string of the molecule is Cc1ccc(OC2CCCCCC2)c2cccc(OC3CCCCCC3)c12. The molecule has 0 aliphatic heterocycles. The van der Waals surface area contributed by atoms with Crippen LogP contribution in [0.3, 0.4) is 0 Å². The molecule has 2 aliphatic carbocycles. The summed E-state index contributed by atoms with van der Waals surface area (Å²) in [5.41, 5.74) is 1.28. The second-order valence-corrected chi connectivity index (χ2v) is 8.52. The first kappa shape index (κ1) is 18.7. The van der Waals surface area contributed by atoms with Gasteiger partial charge in [-0.2, -0.15) is 0 Å². The minimum absolute atomic E-state index is 0.365. The van der Waals surface area contributed by atoms with Crippen molar-refractivity contribution in [3.8, 4) is 11.5 Å². The molecule has 0 spiro atoms. The van der Waals surface area contributed by atoms with Gasteiger partial charge in [-0.25, -0.2) is 0 Å². The summed E-state index contributed by atoms with van der Waals surface area (Å²) < 4.78 is 13.1. The van der Waals surface area contributed by atoms with Crippen molar-refractivity contribution in [1.29, 1.82) is 0 Å². The van der Waals surface area contributed by atoms with Crippen LogP contribution in [0.1, 0.15) is 82.6 Å². The largest absolute Gasteiger partial charge is 0.490 e. The maximum Gasteiger partial charge on any atom is 0.127 e. The molecular weight excluding hydrogens is 332 g/mol. The van der Waals surface area contributed by atoms with Crippen molar-refractivity contribution in [2.24, 2.45) is 0 Å². The van der Waals surface area contributed by atoms with Crippen LogP contribution in [0.15, 0.2) is 30.3 Å². The molecule has 27 heavy (non-hydrogen) atoms. The van der Waals surface area contributed by atoms with Gasteiger partial charge >= 0.3 is 0 Å². The Labute approximate surface area is 164 Å². The lowest BCUT2D eigenvalue weighted by Crippen LogP contribution is -2.16. The summed E-state index contributed by atoms with van der Waals surface area (Å²) in [4.78, 5) is 0. The third-order valence-corrected chi connectivity index (χ3v) is 6.36. The van der Waals surface area contributed by atoms with E-state index in [0.29, 0.717) is 12.2 Å². The predicted molar refractivity (Wildman–Crippen MR) is 113 cm³/mol. The zero-order valence-corrected chi connectivity index (χ0v) is 16.8. The van der Waals surface area contributed by atoms with Gasteiger partial charge in [-0.05, 0) is 76.0 Å². The predicted octanol–water partition coefficient (Wildman–Crippen LogP) is 7.35. The van der Waals surface area contributed by atoms with Crippen LogP contribution >= 0.6 is 0 Å².